The van der Waals surface area contributed by atoms with Crippen molar-refractivity contribution >= 4 is 17.2 Å². The van der Waals surface area contributed by atoms with Gasteiger partial charge in [-0.15, -0.1) is 11.3 Å². The van der Waals surface area contributed by atoms with Gasteiger partial charge in [-0.25, -0.2) is 4.98 Å². The molecule has 0 bridgehead atoms. The number of aromatic nitrogens is 1. The standard InChI is InChI=1S/C13H14N2O2S/c1-15(9-12-14-6-7-18-12)13(16)10-4-3-5-11(8-10)17-2/h3-8H,9H2,1-2H3. The lowest BCUT2D eigenvalue weighted by Crippen LogP contribution is -2.26. The van der Waals surface area contributed by atoms with Gasteiger partial charge in [0.1, 0.15) is 10.8 Å². The van der Waals surface area contributed by atoms with Gasteiger partial charge in [-0.05, 0) is 18.2 Å². The zero-order valence-electron chi connectivity index (χ0n) is 10.3. The lowest BCUT2D eigenvalue weighted by molar-refractivity contribution is 0.0784. The van der Waals surface area contributed by atoms with Crippen LogP contribution in [0.4, 0.5) is 0 Å². The fourth-order valence-corrected chi connectivity index (χ4v) is 2.25. The second kappa shape index (κ2) is 5.64. The van der Waals surface area contributed by atoms with E-state index in [0.29, 0.717) is 17.9 Å². The third kappa shape index (κ3) is 2.87. The average Bonchev–Trinajstić information content (AvgIpc) is 2.90. The zero-order valence-corrected chi connectivity index (χ0v) is 11.1. The van der Waals surface area contributed by atoms with E-state index >= 15 is 0 Å². The number of nitrogens with zero attached hydrogens (tertiary/aromatic N) is 2. The molecule has 1 aromatic carbocycles. The van der Waals surface area contributed by atoms with Crippen LogP contribution < -0.4 is 4.74 Å². The van der Waals surface area contributed by atoms with Gasteiger partial charge in [0.2, 0.25) is 0 Å². The summed E-state index contributed by atoms with van der Waals surface area (Å²) in [6.07, 6.45) is 1.74. The first-order chi connectivity index (χ1) is 8.70. The highest BCUT2D eigenvalue weighted by Crippen LogP contribution is 2.15. The quantitative estimate of drug-likeness (QED) is 0.850. The molecule has 0 saturated heterocycles. The van der Waals surface area contributed by atoms with Gasteiger partial charge in [0.25, 0.3) is 5.91 Å². The van der Waals surface area contributed by atoms with Crippen molar-refractivity contribution in [1.82, 2.24) is 9.88 Å². The smallest absolute Gasteiger partial charge is 0.254 e. The molecule has 1 heterocycles. The summed E-state index contributed by atoms with van der Waals surface area (Å²) in [6, 6.07) is 7.14. The molecule has 0 saturated carbocycles. The molecule has 0 spiro atoms. The molecule has 18 heavy (non-hydrogen) atoms. The molecule has 2 rings (SSSR count). The van der Waals surface area contributed by atoms with Gasteiger partial charge in [-0.2, -0.15) is 0 Å². The summed E-state index contributed by atoms with van der Waals surface area (Å²) >= 11 is 1.54. The van der Waals surface area contributed by atoms with Crippen molar-refractivity contribution in [3.8, 4) is 5.75 Å². The molecule has 5 heteroatoms. The maximum absolute atomic E-state index is 12.2. The van der Waals surface area contributed by atoms with Crippen molar-refractivity contribution in [2.75, 3.05) is 14.2 Å². The van der Waals surface area contributed by atoms with Crippen LogP contribution in [0.5, 0.6) is 5.75 Å². The Morgan fingerprint density at radius 2 is 2.33 bits per heavy atom. The Morgan fingerprint density at radius 1 is 1.50 bits per heavy atom. The Kier molecular flexibility index (Phi) is 3.94. The van der Waals surface area contributed by atoms with E-state index in [1.807, 2.05) is 17.5 Å². The third-order valence-corrected chi connectivity index (χ3v) is 3.28. The normalized spacial score (nSPS) is 10.1. The molecule has 1 aromatic heterocycles. The summed E-state index contributed by atoms with van der Waals surface area (Å²) in [5, 5.41) is 2.83. The summed E-state index contributed by atoms with van der Waals surface area (Å²) < 4.78 is 5.11. The number of rotatable bonds is 4. The van der Waals surface area contributed by atoms with Crippen LogP contribution in [0.2, 0.25) is 0 Å². The minimum atomic E-state index is -0.0379. The first kappa shape index (κ1) is 12.6. The second-order valence-corrected chi connectivity index (χ2v) is 4.80. The molecule has 0 aliphatic rings. The van der Waals surface area contributed by atoms with Crippen LogP contribution in [-0.4, -0.2) is 29.9 Å². The van der Waals surface area contributed by atoms with E-state index in [-0.39, 0.29) is 5.91 Å². The number of carbonyl (C=O) groups is 1. The largest absolute Gasteiger partial charge is 0.497 e. The van der Waals surface area contributed by atoms with Crippen LogP contribution in [0.25, 0.3) is 0 Å². The molecule has 4 nitrogen and oxygen atoms in total. The molecule has 94 valence electrons. The van der Waals surface area contributed by atoms with E-state index in [4.69, 9.17) is 4.74 Å². The molecule has 0 N–H and O–H groups in total. The highest BCUT2D eigenvalue weighted by Gasteiger charge is 2.13. The van der Waals surface area contributed by atoms with Gasteiger partial charge in [0.15, 0.2) is 0 Å². The van der Waals surface area contributed by atoms with E-state index in [2.05, 4.69) is 4.98 Å². The first-order valence-corrected chi connectivity index (χ1v) is 6.36. The molecular formula is C13H14N2O2S. The topological polar surface area (TPSA) is 42.4 Å². The summed E-state index contributed by atoms with van der Waals surface area (Å²) in [7, 11) is 3.35. The number of ether oxygens (including phenoxy) is 1. The van der Waals surface area contributed by atoms with E-state index < -0.39 is 0 Å². The lowest BCUT2D eigenvalue weighted by Gasteiger charge is -2.16. The molecule has 0 aliphatic carbocycles. The van der Waals surface area contributed by atoms with E-state index in [1.165, 1.54) is 0 Å². The molecule has 2 aromatic rings. The number of hydrogen-bond acceptors (Lipinski definition) is 4. The molecule has 1 amide bonds. The summed E-state index contributed by atoms with van der Waals surface area (Å²) in [4.78, 5) is 18.0. The maximum atomic E-state index is 12.2. The van der Waals surface area contributed by atoms with Crippen molar-refractivity contribution in [3.63, 3.8) is 0 Å². The van der Waals surface area contributed by atoms with E-state index in [9.17, 15) is 4.79 Å². The molecule has 0 unspecified atom stereocenters. The fourth-order valence-electron chi connectivity index (χ4n) is 1.58. The van der Waals surface area contributed by atoms with E-state index in [1.54, 1.807) is 48.7 Å². The van der Waals surface area contributed by atoms with E-state index in [0.717, 1.165) is 5.01 Å². The predicted molar refractivity (Wildman–Crippen MR) is 70.9 cm³/mol. The highest BCUT2D eigenvalue weighted by molar-refractivity contribution is 7.09. The van der Waals surface area contributed by atoms with Gasteiger partial charge >= 0.3 is 0 Å². The van der Waals surface area contributed by atoms with Crippen molar-refractivity contribution in [2.45, 2.75) is 6.54 Å². The fraction of sp³-hybridized carbons (Fsp3) is 0.231. The molecule has 0 aliphatic heterocycles. The van der Waals surface area contributed by atoms with Crippen molar-refractivity contribution in [3.05, 3.63) is 46.4 Å². The highest BCUT2D eigenvalue weighted by atomic mass is 32.1. The Bertz CT molecular complexity index is 526. The minimum absolute atomic E-state index is 0.0379. The van der Waals surface area contributed by atoms with Crippen molar-refractivity contribution < 1.29 is 9.53 Å². The second-order valence-electron chi connectivity index (χ2n) is 3.82. The monoisotopic (exact) mass is 262 g/mol. The van der Waals surface area contributed by atoms with Gasteiger partial charge in [-0.1, -0.05) is 6.07 Å². The summed E-state index contributed by atoms with van der Waals surface area (Å²) in [5.41, 5.74) is 0.619. The SMILES string of the molecule is COc1cccc(C(=O)N(C)Cc2nccs2)c1. The zero-order chi connectivity index (χ0) is 13.0. The van der Waals surface area contributed by atoms with Crippen LogP contribution >= 0.6 is 11.3 Å². The Labute approximate surface area is 110 Å². The number of amides is 1. The van der Waals surface area contributed by atoms with Crippen LogP contribution in [-0.2, 0) is 6.54 Å². The Morgan fingerprint density at radius 3 is 3.00 bits per heavy atom. The van der Waals surface area contributed by atoms with Gasteiger partial charge in [0, 0.05) is 24.2 Å². The van der Waals surface area contributed by atoms with Crippen LogP contribution in [0.3, 0.4) is 0 Å². The summed E-state index contributed by atoms with van der Waals surface area (Å²) in [5.74, 6) is 0.646. The van der Waals surface area contributed by atoms with Gasteiger partial charge < -0.3 is 9.64 Å². The van der Waals surface area contributed by atoms with Crippen molar-refractivity contribution in [2.24, 2.45) is 0 Å². The Balaban J connectivity index is 2.10. The number of carbonyl (C=O) groups excluding carboxylic acids is 1. The Hall–Kier alpha value is -1.88. The number of thiazole rings is 1. The number of methoxy groups -OCH3 is 1. The van der Waals surface area contributed by atoms with Crippen LogP contribution in [0.1, 0.15) is 15.4 Å². The number of benzene rings is 1. The van der Waals surface area contributed by atoms with Gasteiger partial charge in [-0.3, -0.25) is 4.79 Å². The predicted octanol–water partition coefficient (Wildman–Crippen LogP) is 2.42. The molecule has 0 fully saturated rings. The third-order valence-electron chi connectivity index (χ3n) is 2.52. The van der Waals surface area contributed by atoms with Gasteiger partial charge in [0.05, 0.1) is 13.7 Å². The maximum Gasteiger partial charge on any atom is 0.254 e. The first-order valence-electron chi connectivity index (χ1n) is 5.48. The van der Waals surface area contributed by atoms with Crippen molar-refractivity contribution in [1.29, 1.82) is 0 Å². The summed E-state index contributed by atoms with van der Waals surface area (Å²) in [6.45, 7) is 0.522. The molecule has 0 atom stereocenters. The molecular weight excluding hydrogens is 248 g/mol. The average molecular weight is 262 g/mol. The lowest BCUT2D eigenvalue weighted by atomic mass is 10.2. The minimum Gasteiger partial charge on any atom is -0.497 e. The van der Waals surface area contributed by atoms with Crippen LogP contribution in [0, 0.1) is 0 Å². The number of hydrogen-bond donors (Lipinski definition) is 0. The van der Waals surface area contributed by atoms with Crippen LogP contribution in [0.15, 0.2) is 35.8 Å². The molecule has 0 radical (unpaired) electrons.